The molecule has 1 aliphatic rings. The van der Waals surface area contributed by atoms with Gasteiger partial charge < -0.3 is 10.6 Å². The number of piperidine rings is 1. The van der Waals surface area contributed by atoms with Gasteiger partial charge in [-0.2, -0.15) is 5.26 Å². The van der Waals surface area contributed by atoms with Crippen molar-refractivity contribution < 1.29 is 4.79 Å². The minimum Gasteiger partial charge on any atom is -0.340 e. The second kappa shape index (κ2) is 4.97. The first-order valence-electron chi connectivity index (χ1n) is 5.09. The lowest BCUT2D eigenvalue weighted by Crippen LogP contribution is -2.50. The minimum atomic E-state index is -0.0856. The van der Waals surface area contributed by atoms with E-state index in [4.69, 9.17) is 11.0 Å². The third kappa shape index (κ3) is 2.46. The maximum absolute atomic E-state index is 11.4. The van der Waals surface area contributed by atoms with Gasteiger partial charge in [0, 0.05) is 19.1 Å². The van der Waals surface area contributed by atoms with Crippen molar-refractivity contribution in [3.05, 3.63) is 0 Å². The van der Waals surface area contributed by atoms with E-state index in [1.54, 1.807) is 4.90 Å². The van der Waals surface area contributed by atoms with E-state index >= 15 is 0 Å². The van der Waals surface area contributed by atoms with Crippen molar-refractivity contribution in [1.29, 1.82) is 5.26 Å². The summed E-state index contributed by atoms with van der Waals surface area (Å²) in [5.74, 6) is 0.443. The molecule has 0 bridgehead atoms. The van der Waals surface area contributed by atoms with Crippen LogP contribution in [0.25, 0.3) is 0 Å². The first-order valence-corrected chi connectivity index (χ1v) is 5.09. The van der Waals surface area contributed by atoms with Gasteiger partial charge in [0.15, 0.2) is 0 Å². The molecule has 0 saturated carbocycles. The van der Waals surface area contributed by atoms with Gasteiger partial charge in [0.25, 0.3) is 0 Å². The predicted octanol–water partition coefficient (Wildman–Crippen LogP) is 0.486. The van der Waals surface area contributed by atoms with Gasteiger partial charge in [0.1, 0.15) is 6.42 Å². The number of hydrogen-bond acceptors (Lipinski definition) is 3. The van der Waals surface area contributed by atoms with Gasteiger partial charge in [0.2, 0.25) is 5.91 Å². The molecule has 0 aromatic carbocycles. The topological polar surface area (TPSA) is 70.1 Å². The van der Waals surface area contributed by atoms with Crippen LogP contribution < -0.4 is 5.73 Å². The molecule has 0 radical (unpaired) electrons. The van der Waals surface area contributed by atoms with Crippen molar-refractivity contribution in [2.24, 2.45) is 11.7 Å². The number of likely N-dealkylation sites (tertiary alicyclic amines) is 1. The summed E-state index contributed by atoms with van der Waals surface area (Å²) in [7, 11) is 0. The fourth-order valence-corrected chi connectivity index (χ4v) is 1.94. The zero-order valence-corrected chi connectivity index (χ0v) is 8.57. The fraction of sp³-hybridized carbons (Fsp3) is 0.800. The maximum Gasteiger partial charge on any atom is 0.236 e. The molecule has 4 heteroatoms. The summed E-state index contributed by atoms with van der Waals surface area (Å²) >= 11 is 0. The molecule has 14 heavy (non-hydrogen) atoms. The quantitative estimate of drug-likeness (QED) is 0.697. The van der Waals surface area contributed by atoms with Gasteiger partial charge in [-0.3, -0.25) is 4.79 Å². The third-order valence-electron chi connectivity index (χ3n) is 2.91. The van der Waals surface area contributed by atoms with Crippen molar-refractivity contribution in [1.82, 2.24) is 4.90 Å². The van der Waals surface area contributed by atoms with Crippen LogP contribution >= 0.6 is 0 Å². The Morgan fingerprint density at radius 2 is 2.43 bits per heavy atom. The predicted molar refractivity (Wildman–Crippen MR) is 53.2 cm³/mol. The molecule has 0 spiro atoms. The standard InChI is InChI=1S/C10H17N3O/c1-2-8-4-6-13(7-9(8)12)10(14)3-5-11/h8-9H,2-4,6-7,12H2,1H3. The van der Waals surface area contributed by atoms with Crippen molar-refractivity contribution >= 4 is 5.91 Å². The first-order chi connectivity index (χ1) is 6.69. The second-order valence-corrected chi connectivity index (χ2v) is 3.80. The van der Waals surface area contributed by atoms with Gasteiger partial charge in [-0.25, -0.2) is 0 Å². The van der Waals surface area contributed by atoms with Crippen molar-refractivity contribution in [2.45, 2.75) is 32.2 Å². The summed E-state index contributed by atoms with van der Waals surface area (Å²) in [4.78, 5) is 13.1. The Hall–Kier alpha value is -1.08. The first kappa shape index (κ1) is 11.0. The van der Waals surface area contributed by atoms with Crippen LogP contribution in [0.5, 0.6) is 0 Å². The number of nitriles is 1. The van der Waals surface area contributed by atoms with Crippen LogP contribution in [-0.4, -0.2) is 29.9 Å². The molecule has 0 aromatic heterocycles. The van der Waals surface area contributed by atoms with Crippen LogP contribution in [-0.2, 0) is 4.79 Å². The van der Waals surface area contributed by atoms with Crippen LogP contribution in [0.15, 0.2) is 0 Å². The third-order valence-corrected chi connectivity index (χ3v) is 2.91. The van der Waals surface area contributed by atoms with Crippen LogP contribution in [0.1, 0.15) is 26.2 Å². The number of rotatable bonds is 2. The highest BCUT2D eigenvalue weighted by Gasteiger charge is 2.27. The van der Waals surface area contributed by atoms with E-state index < -0.39 is 0 Å². The Labute approximate surface area is 84.7 Å². The normalized spacial score (nSPS) is 27.1. The van der Waals surface area contributed by atoms with Crippen LogP contribution in [0.2, 0.25) is 0 Å². The number of nitrogens with two attached hydrogens (primary N) is 1. The molecule has 2 unspecified atom stereocenters. The van der Waals surface area contributed by atoms with E-state index in [9.17, 15) is 4.79 Å². The molecule has 1 saturated heterocycles. The Balaban J connectivity index is 2.46. The van der Waals surface area contributed by atoms with E-state index in [0.29, 0.717) is 12.5 Å². The minimum absolute atomic E-state index is 0.0243. The van der Waals surface area contributed by atoms with E-state index in [-0.39, 0.29) is 18.4 Å². The summed E-state index contributed by atoms with van der Waals surface area (Å²) < 4.78 is 0. The maximum atomic E-state index is 11.4. The molecular formula is C10H17N3O. The van der Waals surface area contributed by atoms with Gasteiger partial charge in [-0.1, -0.05) is 13.3 Å². The Bertz CT molecular complexity index is 246. The van der Waals surface area contributed by atoms with Crippen LogP contribution in [0.3, 0.4) is 0 Å². The highest BCUT2D eigenvalue weighted by Crippen LogP contribution is 2.19. The van der Waals surface area contributed by atoms with Crippen LogP contribution in [0, 0.1) is 17.2 Å². The lowest BCUT2D eigenvalue weighted by molar-refractivity contribution is -0.131. The summed E-state index contributed by atoms with van der Waals surface area (Å²) in [5, 5.41) is 8.40. The molecule has 2 N–H and O–H groups in total. The van der Waals surface area contributed by atoms with Crippen molar-refractivity contribution in [3.63, 3.8) is 0 Å². The largest absolute Gasteiger partial charge is 0.340 e. The average Bonchev–Trinajstić information content (AvgIpc) is 2.18. The zero-order valence-electron chi connectivity index (χ0n) is 8.57. The SMILES string of the molecule is CCC1CCN(C(=O)CC#N)CC1N. The molecule has 0 aromatic rings. The number of carbonyl (C=O) groups excluding carboxylic acids is 1. The van der Waals surface area contributed by atoms with Gasteiger partial charge >= 0.3 is 0 Å². The van der Waals surface area contributed by atoms with E-state index in [1.807, 2.05) is 6.07 Å². The van der Waals surface area contributed by atoms with Crippen molar-refractivity contribution in [2.75, 3.05) is 13.1 Å². The fourth-order valence-electron chi connectivity index (χ4n) is 1.94. The number of amides is 1. The number of carbonyl (C=O) groups is 1. The van der Waals surface area contributed by atoms with Crippen LogP contribution in [0.4, 0.5) is 0 Å². The molecule has 1 heterocycles. The summed E-state index contributed by atoms with van der Waals surface area (Å²) in [6.45, 7) is 3.49. The molecule has 1 aliphatic heterocycles. The van der Waals surface area contributed by atoms with Gasteiger partial charge in [-0.15, -0.1) is 0 Å². The molecular weight excluding hydrogens is 178 g/mol. The Morgan fingerprint density at radius 3 is 2.93 bits per heavy atom. The molecule has 78 valence electrons. The molecule has 1 rings (SSSR count). The lowest BCUT2D eigenvalue weighted by atomic mass is 9.90. The lowest BCUT2D eigenvalue weighted by Gasteiger charge is -2.36. The number of nitrogens with zero attached hydrogens (tertiary/aromatic N) is 2. The second-order valence-electron chi connectivity index (χ2n) is 3.80. The van der Waals surface area contributed by atoms with Crippen molar-refractivity contribution in [3.8, 4) is 6.07 Å². The van der Waals surface area contributed by atoms with E-state index in [0.717, 1.165) is 19.4 Å². The Kier molecular flexibility index (Phi) is 3.90. The molecule has 1 amide bonds. The van der Waals surface area contributed by atoms with E-state index in [2.05, 4.69) is 6.92 Å². The summed E-state index contributed by atoms with van der Waals surface area (Å²) in [6, 6.07) is 1.95. The molecule has 2 atom stereocenters. The Morgan fingerprint density at radius 1 is 1.71 bits per heavy atom. The highest BCUT2D eigenvalue weighted by molar-refractivity contribution is 5.78. The smallest absolute Gasteiger partial charge is 0.236 e. The monoisotopic (exact) mass is 195 g/mol. The summed E-state index contributed by atoms with van der Waals surface area (Å²) in [5.41, 5.74) is 5.94. The molecule has 0 aliphatic carbocycles. The highest BCUT2D eigenvalue weighted by atomic mass is 16.2. The zero-order chi connectivity index (χ0) is 10.6. The number of hydrogen-bond donors (Lipinski definition) is 1. The van der Waals surface area contributed by atoms with E-state index in [1.165, 1.54) is 0 Å². The van der Waals surface area contributed by atoms with Gasteiger partial charge in [-0.05, 0) is 12.3 Å². The van der Waals surface area contributed by atoms with Gasteiger partial charge in [0.05, 0.1) is 6.07 Å². The summed E-state index contributed by atoms with van der Waals surface area (Å²) in [6.07, 6.45) is 2.01. The molecule has 4 nitrogen and oxygen atoms in total. The average molecular weight is 195 g/mol. The molecule has 1 fully saturated rings.